The predicted octanol–water partition coefficient (Wildman–Crippen LogP) is 15.8. The Balaban J connectivity index is 1.02. The van der Waals surface area contributed by atoms with Gasteiger partial charge in [-0.05, 0) is 350 Å². The molecule has 71 heavy (non-hydrogen) atoms. The van der Waals surface area contributed by atoms with Crippen LogP contribution in [0.15, 0.2) is 23.1 Å². The molecule has 34 rings (SSSR count). The lowest BCUT2D eigenvalue weighted by molar-refractivity contribution is 0.0334. The number of hydrogen-bond acceptors (Lipinski definition) is 1. The van der Waals surface area contributed by atoms with Gasteiger partial charge in [0.15, 0.2) is 0 Å². The second-order valence-corrected chi connectivity index (χ2v) is 32.3. The van der Waals surface area contributed by atoms with Crippen molar-refractivity contribution < 1.29 is 0 Å². The number of fused-ring (bicyclic) bond motifs is 1. The van der Waals surface area contributed by atoms with Gasteiger partial charge in [-0.15, -0.1) is 11.8 Å². The summed E-state index contributed by atoms with van der Waals surface area (Å²) >= 11 is 2.59. The van der Waals surface area contributed by atoms with Crippen molar-refractivity contribution in [2.75, 3.05) is 0 Å². The first kappa shape index (κ1) is 28.8. The van der Waals surface area contributed by atoms with Gasteiger partial charge in [-0.3, -0.25) is 0 Å². The minimum Gasteiger partial charge on any atom is -0.112 e. The van der Waals surface area contributed by atoms with E-state index >= 15 is 0 Å². The van der Waals surface area contributed by atoms with Crippen LogP contribution in [0.1, 0.15) is 250 Å². The minimum atomic E-state index is 0.00438. The van der Waals surface area contributed by atoms with Crippen LogP contribution < -0.4 is 0 Å². The van der Waals surface area contributed by atoms with Crippen molar-refractivity contribution in [2.24, 2.45) is 11.8 Å². The zero-order chi connectivity index (χ0) is 42.5. The lowest BCUT2D eigenvalue weighted by Gasteiger charge is -2.65. The number of hydrogen-bond donors (Lipinski definition) is 0. The van der Waals surface area contributed by atoms with Crippen LogP contribution in [-0.4, -0.2) is 0 Å². The van der Waals surface area contributed by atoms with Crippen LogP contribution in [0.25, 0.3) is 97.3 Å². The Kier molecular flexibility index (Phi) is 2.66. The van der Waals surface area contributed by atoms with Crippen LogP contribution in [0, 0.1) is 11.8 Å². The van der Waals surface area contributed by atoms with E-state index in [0.717, 1.165) is 0 Å². The van der Waals surface area contributed by atoms with Crippen molar-refractivity contribution in [3.8, 4) is 11.1 Å². The summed E-state index contributed by atoms with van der Waals surface area (Å²) in [6.45, 7) is 7.88. The highest BCUT2D eigenvalue weighted by Gasteiger charge is 2.90. The summed E-state index contributed by atoms with van der Waals surface area (Å²) in [6, 6.07) is 8.01. The van der Waals surface area contributed by atoms with Gasteiger partial charge >= 0.3 is 0 Å². The molecule has 0 N–H and O–H groups in total. The van der Waals surface area contributed by atoms with E-state index in [0.29, 0.717) is 118 Å². The molecule has 0 saturated heterocycles. The fourth-order valence-electron chi connectivity index (χ4n) is 32.5. The molecule has 23 aliphatic rings. The molecule has 1 aliphatic heterocycles. The van der Waals surface area contributed by atoms with E-state index in [2.05, 4.69) is 61.9 Å². The third kappa shape index (κ3) is 1.60. The van der Waals surface area contributed by atoms with E-state index in [4.69, 9.17) is 0 Å². The van der Waals surface area contributed by atoms with Gasteiger partial charge in [0.1, 0.15) is 0 Å². The van der Waals surface area contributed by atoms with Gasteiger partial charge in [0.25, 0.3) is 0 Å². The SMILES string of the molecule is CC(C)(C)c1cccc2c1C13c4c5c6c7c8c9c%10c%11c%12c%13c%14c%15c(c%16c%13c%10c7c4-%16)C1(S2)C1C%15C2c4c7c%10c%13c%15c%16c%17c%18c%19c%20c%21c%22c%23c(c4c4c%22c%19c%16c%104)C2C%14C%12C%23C%21C%11C9C%20C%18C8C6C%17C%15C5C3C%13C71. The molecule has 1 saturated carbocycles. The molecular formula is C70H32S. The van der Waals surface area contributed by atoms with Crippen molar-refractivity contribution in [3.05, 3.63) is 141 Å². The van der Waals surface area contributed by atoms with Crippen molar-refractivity contribution in [3.63, 3.8) is 0 Å². The molecule has 0 amide bonds. The number of rotatable bonds is 0. The van der Waals surface area contributed by atoms with Gasteiger partial charge in [-0.1, -0.05) is 32.9 Å². The van der Waals surface area contributed by atoms with E-state index in [1.54, 1.807) is 10.5 Å². The van der Waals surface area contributed by atoms with E-state index in [-0.39, 0.29) is 15.6 Å². The van der Waals surface area contributed by atoms with Crippen molar-refractivity contribution in [1.29, 1.82) is 0 Å². The Labute approximate surface area is 406 Å². The highest BCUT2D eigenvalue weighted by atomic mass is 32.2. The number of benzene rings is 10. The summed E-state index contributed by atoms with van der Waals surface area (Å²) < 4.78 is 0.0459. The Hall–Kier alpha value is -5.37. The third-order valence-corrected chi connectivity index (χ3v) is 32.7. The van der Waals surface area contributed by atoms with Gasteiger partial charge in [-0.25, -0.2) is 0 Å². The molecule has 22 unspecified atom stereocenters. The summed E-state index contributed by atoms with van der Waals surface area (Å²) in [7, 11) is 0. The predicted molar refractivity (Wildman–Crippen MR) is 275 cm³/mol. The average molecular weight is 905 g/mol. The molecule has 0 radical (unpaired) electrons. The maximum atomic E-state index is 2.74. The first-order valence-electron chi connectivity index (χ1n) is 29.1. The Morgan fingerprint density at radius 1 is 0.310 bits per heavy atom. The molecule has 0 bridgehead atoms. The minimum absolute atomic E-state index is 0.00438. The van der Waals surface area contributed by atoms with Crippen LogP contribution in [0.3, 0.4) is 0 Å². The molecular weight excluding hydrogens is 873 g/mol. The quantitative estimate of drug-likeness (QED) is 0.137. The fourth-order valence-corrected chi connectivity index (χ4v) is 34.6. The second kappa shape index (κ2) is 6.57. The first-order valence-corrected chi connectivity index (χ1v) is 29.9. The Morgan fingerprint density at radius 2 is 0.620 bits per heavy atom. The molecule has 0 nitrogen and oxygen atoms in total. The van der Waals surface area contributed by atoms with Crippen LogP contribution in [-0.2, 0) is 15.6 Å². The van der Waals surface area contributed by atoms with Gasteiger partial charge in [0.05, 0.1) is 4.75 Å². The third-order valence-electron chi connectivity index (χ3n) is 31.0. The Morgan fingerprint density at radius 3 is 1.06 bits per heavy atom. The van der Waals surface area contributed by atoms with Crippen LogP contribution in [0.2, 0.25) is 0 Å². The van der Waals surface area contributed by atoms with Crippen molar-refractivity contribution in [1.82, 2.24) is 0 Å². The van der Waals surface area contributed by atoms with Crippen LogP contribution in [0.5, 0.6) is 0 Å². The topological polar surface area (TPSA) is 0 Å². The summed E-state index contributed by atoms with van der Waals surface area (Å²) in [5, 5.41) is 30.8. The van der Waals surface area contributed by atoms with Gasteiger partial charge < -0.3 is 0 Å². The molecule has 2 spiro atoms. The molecule has 0 aromatic heterocycles. The Bertz CT molecular complexity index is 5530. The summed E-state index contributed by atoms with van der Waals surface area (Å²) in [4.78, 5) is 1.74. The first-order chi connectivity index (χ1) is 35.1. The van der Waals surface area contributed by atoms with E-state index < -0.39 is 0 Å². The van der Waals surface area contributed by atoms with Crippen molar-refractivity contribution >= 4 is 97.9 Å². The van der Waals surface area contributed by atoms with E-state index in [1.807, 2.05) is 203 Å². The fraction of sp³-hybridized carbons (Fsp3) is 0.371. The lowest BCUT2D eigenvalue weighted by atomic mass is 9.39. The molecule has 11 aromatic rings. The summed E-state index contributed by atoms with van der Waals surface area (Å²) in [6.07, 6.45) is 0. The molecule has 22 atom stereocenters. The van der Waals surface area contributed by atoms with Gasteiger partial charge in [-0.2, -0.15) is 0 Å². The molecule has 1 heteroatoms. The van der Waals surface area contributed by atoms with E-state index in [1.165, 1.54) is 0 Å². The molecule has 22 aliphatic carbocycles. The lowest BCUT2D eigenvalue weighted by Crippen LogP contribution is -2.62. The largest absolute Gasteiger partial charge is 0.112 e. The molecule has 1 fully saturated rings. The molecule has 11 aromatic carbocycles. The van der Waals surface area contributed by atoms with Gasteiger partial charge in [0, 0.05) is 10.3 Å². The second-order valence-electron chi connectivity index (χ2n) is 31.0. The smallest absolute Gasteiger partial charge is 0.0645 e. The standard InChI is InChI=1S/C70H32S/c1-68(2,3)7-5-4-6-8-63(7)69-64-55-47-37-27-19-11-9-10-13-17-15(11)23-31-25(17)35-29-21(13)22-14(10)18-16-12(9)20(19)28-34-24(16)32-26(18)36-30(22)40-39(29)51-45(35)53-43(31)49(41(47)33(23)27)57(64)59(53)66-61(51)62-52(40)46(36)54-44(32)50-42(34)48(38(28)37)56(55)65(69)58(50)60(54)67(62)70(66,69)71-8/h4-6,11,13,15,17,19,21,27,29,37-40,48,52,56,58,60,62,65,67H,1-3H3. The maximum absolute atomic E-state index is 2.74. The molecule has 318 valence electrons. The van der Waals surface area contributed by atoms with Crippen molar-refractivity contribution in [2.45, 2.75) is 148 Å². The van der Waals surface area contributed by atoms with E-state index in [9.17, 15) is 0 Å². The molecule has 1 heterocycles. The monoisotopic (exact) mass is 904 g/mol. The normalized spacial score (nSPS) is 47.7. The summed E-state index contributed by atoms with van der Waals surface area (Å²) in [5.74, 6) is 13.3. The summed E-state index contributed by atoms with van der Waals surface area (Å²) in [5.41, 5.74) is 48.3. The van der Waals surface area contributed by atoms with Crippen LogP contribution >= 0.6 is 11.8 Å². The maximum Gasteiger partial charge on any atom is 0.0645 e. The zero-order valence-corrected chi connectivity index (χ0v) is 39.5. The zero-order valence-electron chi connectivity index (χ0n) is 38.7. The average Bonchev–Trinajstić information content (AvgIpc) is 4.07. The van der Waals surface area contributed by atoms with Crippen LogP contribution in [0.4, 0.5) is 0 Å². The number of thioether (sulfide) groups is 1. The highest BCUT2D eigenvalue weighted by molar-refractivity contribution is 8.00. The van der Waals surface area contributed by atoms with Gasteiger partial charge in [0.2, 0.25) is 0 Å². The highest BCUT2D eigenvalue weighted by Crippen LogP contribution is 3.01.